The molecular weight excluding hydrogens is 340 g/mol. The van der Waals surface area contributed by atoms with E-state index in [2.05, 4.69) is 20.8 Å². The van der Waals surface area contributed by atoms with Crippen molar-refractivity contribution in [1.82, 2.24) is 20.8 Å². The quantitative estimate of drug-likeness (QED) is 0.796. The summed E-state index contributed by atoms with van der Waals surface area (Å²) in [5.74, 6) is 0.333. The number of aromatic nitrogens is 2. The van der Waals surface area contributed by atoms with Gasteiger partial charge in [0, 0.05) is 30.6 Å². The van der Waals surface area contributed by atoms with Crippen molar-refractivity contribution in [1.29, 1.82) is 0 Å². The van der Waals surface area contributed by atoms with Gasteiger partial charge in [-0.05, 0) is 43.5 Å². The summed E-state index contributed by atoms with van der Waals surface area (Å²) in [5.41, 5.74) is 0.594. The van der Waals surface area contributed by atoms with Crippen molar-refractivity contribution in [3.8, 4) is 10.9 Å². The predicted molar refractivity (Wildman–Crippen MR) is 92.2 cm³/mol. The Kier molecular flexibility index (Phi) is 4.22. The van der Waals surface area contributed by atoms with Gasteiger partial charge >= 0.3 is 0 Å². The monoisotopic (exact) mass is 358 g/mol. The van der Waals surface area contributed by atoms with Gasteiger partial charge in [-0.2, -0.15) is 0 Å². The zero-order valence-corrected chi connectivity index (χ0v) is 14.5. The summed E-state index contributed by atoms with van der Waals surface area (Å²) in [6, 6.07) is 8.04. The number of fused-ring (bicyclic) bond motifs is 2. The number of carbonyl (C=O) groups excluding carboxylic acids is 2. The van der Waals surface area contributed by atoms with E-state index in [4.69, 9.17) is 4.74 Å². The van der Waals surface area contributed by atoms with Crippen LogP contribution in [-0.4, -0.2) is 40.0 Å². The van der Waals surface area contributed by atoms with Crippen molar-refractivity contribution in [3.63, 3.8) is 0 Å². The Hall–Kier alpha value is -2.32. The minimum Gasteiger partial charge on any atom is -0.430 e. The van der Waals surface area contributed by atoms with Gasteiger partial charge in [0.15, 0.2) is 10.8 Å². The summed E-state index contributed by atoms with van der Waals surface area (Å²) in [6.07, 6.45) is 3.35. The fourth-order valence-electron chi connectivity index (χ4n) is 3.40. The van der Waals surface area contributed by atoms with Gasteiger partial charge in [0.05, 0.1) is 0 Å². The van der Waals surface area contributed by atoms with Crippen molar-refractivity contribution in [2.24, 2.45) is 0 Å². The molecule has 3 atom stereocenters. The van der Waals surface area contributed by atoms with Gasteiger partial charge in [-0.25, -0.2) is 0 Å². The fraction of sp³-hybridized carbons (Fsp3) is 0.412. The SMILES string of the molecule is CC(=O)c1nnc(Oc2ccc(C(=O)N[C@@H]3C[C@H]4CC[C@@H]3N4)cc2)s1. The van der Waals surface area contributed by atoms with E-state index < -0.39 is 0 Å². The third-order valence-electron chi connectivity index (χ3n) is 4.65. The summed E-state index contributed by atoms with van der Waals surface area (Å²) >= 11 is 1.09. The maximum atomic E-state index is 12.4. The Morgan fingerprint density at radius 1 is 1.24 bits per heavy atom. The second kappa shape index (κ2) is 6.53. The molecule has 2 aromatic rings. The Balaban J connectivity index is 1.37. The number of nitrogens with zero attached hydrogens (tertiary/aromatic N) is 2. The standard InChI is InChI=1S/C17H18N4O3S/c1-9(22)16-20-21-17(25-16)24-12-5-2-10(3-6-12)15(23)19-14-8-11-4-7-13(14)18-11/h2-3,5-6,11,13-14,18H,4,7-8H2,1H3,(H,19,23)/t11-,13+,14-/m1/s1. The molecule has 3 heterocycles. The molecule has 2 saturated heterocycles. The molecule has 8 heteroatoms. The molecule has 2 aliphatic rings. The van der Waals surface area contributed by atoms with E-state index in [1.807, 2.05) is 0 Å². The van der Waals surface area contributed by atoms with Crippen LogP contribution < -0.4 is 15.4 Å². The number of carbonyl (C=O) groups is 2. The zero-order chi connectivity index (χ0) is 17.4. The first kappa shape index (κ1) is 16.2. The van der Waals surface area contributed by atoms with Crippen molar-refractivity contribution >= 4 is 23.0 Å². The van der Waals surface area contributed by atoms with E-state index in [0.717, 1.165) is 24.2 Å². The molecule has 2 fully saturated rings. The van der Waals surface area contributed by atoms with Crippen LogP contribution >= 0.6 is 11.3 Å². The van der Waals surface area contributed by atoms with E-state index in [1.165, 1.54) is 13.3 Å². The molecule has 0 unspecified atom stereocenters. The molecule has 1 amide bonds. The molecule has 25 heavy (non-hydrogen) atoms. The Labute approximate surface area is 148 Å². The third kappa shape index (κ3) is 3.40. The largest absolute Gasteiger partial charge is 0.430 e. The summed E-state index contributed by atoms with van der Waals surface area (Å²) in [7, 11) is 0. The van der Waals surface area contributed by atoms with Crippen LogP contribution in [0.15, 0.2) is 24.3 Å². The average molecular weight is 358 g/mol. The minimum atomic E-state index is -0.144. The summed E-state index contributed by atoms with van der Waals surface area (Å²) in [5, 5.41) is 14.8. The van der Waals surface area contributed by atoms with Crippen LogP contribution in [0, 0.1) is 0 Å². The third-order valence-corrected chi connectivity index (χ3v) is 5.55. The van der Waals surface area contributed by atoms with Gasteiger partial charge in [-0.15, -0.1) is 5.10 Å². The van der Waals surface area contributed by atoms with E-state index >= 15 is 0 Å². The lowest BCUT2D eigenvalue weighted by molar-refractivity contribution is 0.0930. The molecule has 4 rings (SSSR count). The lowest BCUT2D eigenvalue weighted by atomic mass is 9.95. The summed E-state index contributed by atoms with van der Waals surface area (Å²) in [6.45, 7) is 1.43. The summed E-state index contributed by atoms with van der Waals surface area (Å²) < 4.78 is 5.57. The van der Waals surface area contributed by atoms with Crippen molar-refractivity contribution in [3.05, 3.63) is 34.8 Å². The van der Waals surface area contributed by atoms with Crippen LogP contribution in [0.2, 0.25) is 0 Å². The molecule has 0 aliphatic carbocycles. The molecule has 0 spiro atoms. The number of ether oxygens (including phenoxy) is 1. The molecular formula is C17H18N4O3S. The number of hydrogen-bond acceptors (Lipinski definition) is 7. The first-order valence-electron chi connectivity index (χ1n) is 8.28. The highest BCUT2D eigenvalue weighted by atomic mass is 32.1. The van der Waals surface area contributed by atoms with Gasteiger partial charge in [-0.3, -0.25) is 9.59 Å². The molecule has 2 aliphatic heterocycles. The number of benzene rings is 1. The number of hydrogen-bond donors (Lipinski definition) is 2. The molecule has 2 bridgehead atoms. The van der Waals surface area contributed by atoms with Crippen LogP contribution in [0.5, 0.6) is 10.9 Å². The van der Waals surface area contributed by atoms with Crippen LogP contribution in [0.1, 0.15) is 46.3 Å². The van der Waals surface area contributed by atoms with Gasteiger partial charge in [0.2, 0.25) is 0 Å². The minimum absolute atomic E-state index is 0.0688. The van der Waals surface area contributed by atoms with E-state index in [0.29, 0.717) is 33.6 Å². The lowest BCUT2D eigenvalue weighted by Crippen LogP contribution is -2.42. The number of rotatable bonds is 5. The van der Waals surface area contributed by atoms with Crippen LogP contribution in [0.25, 0.3) is 0 Å². The maximum Gasteiger partial charge on any atom is 0.299 e. The number of amides is 1. The highest BCUT2D eigenvalue weighted by Crippen LogP contribution is 2.29. The average Bonchev–Trinajstić information content (AvgIpc) is 3.32. The van der Waals surface area contributed by atoms with E-state index in [-0.39, 0.29) is 17.7 Å². The van der Waals surface area contributed by atoms with Crippen LogP contribution in [0.3, 0.4) is 0 Å². The lowest BCUT2D eigenvalue weighted by Gasteiger charge is -2.21. The fourth-order valence-corrected chi connectivity index (χ4v) is 4.01. The predicted octanol–water partition coefficient (Wildman–Crippen LogP) is 2.16. The summed E-state index contributed by atoms with van der Waals surface area (Å²) in [4.78, 5) is 23.6. The molecule has 1 aromatic carbocycles. The van der Waals surface area contributed by atoms with Gasteiger partial charge in [-0.1, -0.05) is 16.4 Å². The van der Waals surface area contributed by atoms with Crippen molar-refractivity contribution in [2.75, 3.05) is 0 Å². The van der Waals surface area contributed by atoms with Crippen LogP contribution in [-0.2, 0) is 0 Å². The Bertz CT molecular complexity index is 804. The maximum absolute atomic E-state index is 12.4. The Morgan fingerprint density at radius 2 is 2.04 bits per heavy atom. The van der Waals surface area contributed by atoms with E-state index in [9.17, 15) is 9.59 Å². The van der Waals surface area contributed by atoms with Gasteiger partial charge in [0.1, 0.15) is 5.75 Å². The molecule has 7 nitrogen and oxygen atoms in total. The van der Waals surface area contributed by atoms with Gasteiger partial charge < -0.3 is 15.4 Å². The highest BCUT2D eigenvalue weighted by Gasteiger charge is 2.39. The molecule has 0 radical (unpaired) electrons. The van der Waals surface area contributed by atoms with Crippen molar-refractivity contribution < 1.29 is 14.3 Å². The highest BCUT2D eigenvalue weighted by molar-refractivity contribution is 7.15. The number of Topliss-reactive ketones (excluding diaryl/α,β-unsaturated/α-hetero) is 1. The number of nitrogens with one attached hydrogen (secondary N) is 2. The molecule has 130 valence electrons. The number of ketones is 1. The molecule has 1 aromatic heterocycles. The van der Waals surface area contributed by atoms with Crippen LogP contribution in [0.4, 0.5) is 0 Å². The second-order valence-corrected chi connectivity index (χ2v) is 7.36. The Morgan fingerprint density at radius 3 is 2.64 bits per heavy atom. The first-order valence-corrected chi connectivity index (χ1v) is 9.09. The molecule has 0 saturated carbocycles. The smallest absolute Gasteiger partial charge is 0.299 e. The second-order valence-electron chi connectivity index (χ2n) is 6.42. The van der Waals surface area contributed by atoms with E-state index in [1.54, 1.807) is 24.3 Å². The molecule has 2 N–H and O–H groups in total. The zero-order valence-electron chi connectivity index (χ0n) is 13.7. The van der Waals surface area contributed by atoms with Crippen molar-refractivity contribution in [2.45, 2.75) is 44.3 Å². The first-order chi connectivity index (χ1) is 12.1. The van der Waals surface area contributed by atoms with Gasteiger partial charge in [0.25, 0.3) is 11.1 Å². The normalized spacial score (nSPS) is 24.3. The topological polar surface area (TPSA) is 93.2 Å².